The molecule has 0 bridgehead atoms. The van der Waals surface area contributed by atoms with E-state index in [-0.39, 0.29) is 23.5 Å². The Morgan fingerprint density at radius 3 is 2.85 bits per heavy atom. The molecule has 5 rings (SSSR count). The molecule has 2 N–H and O–H groups in total. The van der Waals surface area contributed by atoms with E-state index in [1.165, 1.54) is 24.8 Å². The molecule has 4 unspecified atom stereocenters. The molecule has 1 aliphatic heterocycles. The molecule has 0 saturated heterocycles. The van der Waals surface area contributed by atoms with E-state index in [0.29, 0.717) is 17.8 Å². The summed E-state index contributed by atoms with van der Waals surface area (Å²) < 4.78 is 6.33. The number of aliphatic hydroxyl groups is 1. The van der Waals surface area contributed by atoms with Crippen molar-refractivity contribution in [2.24, 2.45) is 40.2 Å². The number of aliphatic hydroxyl groups excluding tert-OH is 1. The van der Waals surface area contributed by atoms with Crippen molar-refractivity contribution in [2.45, 2.75) is 57.5 Å². The second kappa shape index (κ2) is 5.93. The molecule has 142 valence electrons. The molecule has 1 heterocycles. The Balaban J connectivity index is 1.49. The fourth-order valence-electron chi connectivity index (χ4n) is 7.63. The Bertz CT molecular complexity index is 683. The van der Waals surface area contributed by atoms with Gasteiger partial charge in [-0.2, -0.15) is 0 Å². The first-order valence-corrected chi connectivity index (χ1v) is 10.5. The third-order valence-electron chi connectivity index (χ3n) is 8.87. The van der Waals surface area contributed by atoms with Crippen LogP contribution < -0.4 is 0 Å². The van der Waals surface area contributed by atoms with Gasteiger partial charge in [0.2, 0.25) is 0 Å². The largest absolute Gasteiger partial charge is 0.411 e. The Morgan fingerprint density at radius 2 is 2.12 bits per heavy atom. The fourth-order valence-corrected chi connectivity index (χ4v) is 7.63. The first-order valence-electron chi connectivity index (χ1n) is 10.5. The lowest BCUT2D eigenvalue weighted by atomic mass is 9.49. The maximum atomic E-state index is 10.1. The molecule has 0 radical (unpaired) electrons. The van der Waals surface area contributed by atoms with Crippen LogP contribution in [0.1, 0.15) is 51.9 Å². The van der Waals surface area contributed by atoms with E-state index >= 15 is 0 Å². The highest BCUT2D eigenvalue weighted by molar-refractivity contribution is 5.96. The molecule has 0 aromatic heterocycles. The molecule has 26 heavy (non-hydrogen) atoms. The van der Waals surface area contributed by atoms with Gasteiger partial charge in [0.25, 0.3) is 0 Å². The zero-order chi connectivity index (χ0) is 17.9. The maximum Gasteiger partial charge on any atom is 0.0923 e. The van der Waals surface area contributed by atoms with Gasteiger partial charge in [0, 0.05) is 17.9 Å². The van der Waals surface area contributed by atoms with Gasteiger partial charge in [0.15, 0.2) is 0 Å². The molecular formula is C22H31NO3. The molecule has 0 aromatic rings. The molecule has 4 aliphatic carbocycles. The monoisotopic (exact) mass is 357 g/mol. The molecule has 4 nitrogen and oxygen atoms in total. The number of allylic oxidation sites excluding steroid dienone is 1. The zero-order valence-corrected chi connectivity index (χ0v) is 15.7. The van der Waals surface area contributed by atoms with Crippen molar-refractivity contribution in [3.63, 3.8) is 0 Å². The molecule has 0 aromatic carbocycles. The second-order valence-corrected chi connectivity index (χ2v) is 9.53. The molecule has 3 saturated carbocycles. The van der Waals surface area contributed by atoms with E-state index in [1.807, 2.05) is 0 Å². The van der Waals surface area contributed by atoms with Crippen LogP contribution in [0.5, 0.6) is 0 Å². The molecule has 5 aliphatic rings. The second-order valence-electron chi connectivity index (χ2n) is 9.53. The number of ether oxygens (including phenoxy) is 1. The number of rotatable bonds is 1. The molecular weight excluding hydrogens is 326 g/mol. The van der Waals surface area contributed by atoms with Crippen LogP contribution in [-0.4, -0.2) is 34.8 Å². The van der Waals surface area contributed by atoms with Crippen molar-refractivity contribution < 1.29 is 15.1 Å². The van der Waals surface area contributed by atoms with Crippen LogP contribution in [0.4, 0.5) is 0 Å². The highest BCUT2D eigenvalue weighted by atomic mass is 16.5. The lowest BCUT2D eigenvalue weighted by molar-refractivity contribution is -0.114. The minimum absolute atomic E-state index is 0.0310. The Labute approximate surface area is 156 Å². The summed E-state index contributed by atoms with van der Waals surface area (Å²) in [6.07, 6.45) is 14.6. The summed E-state index contributed by atoms with van der Waals surface area (Å²) in [5.74, 6) is 2.92. The fraction of sp³-hybridized carbons (Fsp3) is 0.773. The number of oxime groups is 1. The highest BCUT2D eigenvalue weighted by Gasteiger charge is 2.63. The number of nitrogens with zero attached hydrogens (tertiary/aromatic N) is 1. The minimum atomic E-state index is -0.0310. The Kier molecular flexibility index (Phi) is 3.88. The normalized spacial score (nSPS) is 51.2. The van der Waals surface area contributed by atoms with Gasteiger partial charge in [-0.25, -0.2) is 0 Å². The number of hydrogen-bond acceptors (Lipinski definition) is 4. The van der Waals surface area contributed by atoms with Crippen LogP contribution in [-0.2, 0) is 4.74 Å². The standard InChI is InChI=1S/C22H31NO3/c1-21-8-5-17-16-4-3-15(23-25)12-18(16)14(13-24)11-19(17)20(21)6-9-22(21)7-2-10-26-22/h2,7,12,14,16-17,19-20,24-25H,3-6,8-11,13H2,1H3/b23-15+/t14?,16-,17?,19?,20?,21+,22+/m1/s1. The van der Waals surface area contributed by atoms with Crippen molar-refractivity contribution in [1.29, 1.82) is 0 Å². The summed E-state index contributed by atoms with van der Waals surface area (Å²) in [6, 6.07) is 0. The predicted molar refractivity (Wildman–Crippen MR) is 100 cm³/mol. The van der Waals surface area contributed by atoms with E-state index in [4.69, 9.17) is 4.74 Å². The zero-order valence-electron chi connectivity index (χ0n) is 15.7. The molecule has 1 spiro atoms. The van der Waals surface area contributed by atoms with Crippen LogP contribution in [0, 0.1) is 35.0 Å². The highest BCUT2D eigenvalue weighted by Crippen LogP contribution is 2.67. The van der Waals surface area contributed by atoms with Crippen LogP contribution in [0.2, 0.25) is 0 Å². The maximum absolute atomic E-state index is 10.1. The van der Waals surface area contributed by atoms with Gasteiger partial charge in [0.05, 0.1) is 17.9 Å². The van der Waals surface area contributed by atoms with Gasteiger partial charge in [-0.15, -0.1) is 0 Å². The first-order chi connectivity index (χ1) is 12.6. The molecule has 0 amide bonds. The van der Waals surface area contributed by atoms with Crippen LogP contribution in [0.3, 0.4) is 0 Å². The van der Waals surface area contributed by atoms with E-state index in [0.717, 1.165) is 43.9 Å². The summed E-state index contributed by atoms with van der Waals surface area (Å²) in [7, 11) is 0. The average Bonchev–Trinajstić information content (AvgIpc) is 3.27. The van der Waals surface area contributed by atoms with E-state index in [1.54, 1.807) is 0 Å². The van der Waals surface area contributed by atoms with E-state index in [2.05, 4.69) is 30.3 Å². The Hall–Kier alpha value is -1.13. The smallest absolute Gasteiger partial charge is 0.0923 e. The van der Waals surface area contributed by atoms with Crippen molar-refractivity contribution >= 4 is 5.71 Å². The van der Waals surface area contributed by atoms with Crippen LogP contribution in [0.15, 0.2) is 29.0 Å². The predicted octanol–water partition coefficient (Wildman–Crippen LogP) is 3.93. The topological polar surface area (TPSA) is 62.1 Å². The van der Waals surface area contributed by atoms with Crippen molar-refractivity contribution in [3.05, 3.63) is 23.8 Å². The molecule has 3 fully saturated rings. The summed E-state index contributed by atoms with van der Waals surface area (Å²) in [6.45, 7) is 3.47. The van der Waals surface area contributed by atoms with Crippen molar-refractivity contribution in [2.75, 3.05) is 13.2 Å². The van der Waals surface area contributed by atoms with Gasteiger partial charge < -0.3 is 15.1 Å². The molecule has 4 heteroatoms. The van der Waals surface area contributed by atoms with Crippen molar-refractivity contribution in [3.8, 4) is 0 Å². The lowest BCUT2D eigenvalue weighted by Gasteiger charge is -2.57. The summed E-state index contributed by atoms with van der Waals surface area (Å²) in [4.78, 5) is 0. The van der Waals surface area contributed by atoms with E-state index < -0.39 is 0 Å². The summed E-state index contributed by atoms with van der Waals surface area (Å²) >= 11 is 0. The third-order valence-corrected chi connectivity index (χ3v) is 8.87. The van der Waals surface area contributed by atoms with Gasteiger partial charge in [-0.1, -0.05) is 29.8 Å². The van der Waals surface area contributed by atoms with E-state index in [9.17, 15) is 10.3 Å². The lowest BCUT2D eigenvalue weighted by Crippen LogP contribution is -2.53. The van der Waals surface area contributed by atoms with Gasteiger partial charge in [0.1, 0.15) is 0 Å². The first kappa shape index (κ1) is 17.0. The third kappa shape index (κ3) is 2.12. The van der Waals surface area contributed by atoms with Gasteiger partial charge in [-0.05, 0) is 74.7 Å². The average molecular weight is 357 g/mol. The SMILES string of the molecule is C[C@]12CCC3C(CC(CO)C4=C/C(=N/O)CC[C@@H]43)C1CC[C@@]21C=CCO1. The minimum Gasteiger partial charge on any atom is -0.411 e. The molecule has 7 atom stereocenters. The quantitative estimate of drug-likeness (QED) is 0.425. The van der Waals surface area contributed by atoms with Crippen molar-refractivity contribution in [1.82, 2.24) is 0 Å². The number of fused-ring (bicyclic) bond motifs is 6. The number of hydrogen-bond donors (Lipinski definition) is 2. The Morgan fingerprint density at radius 1 is 1.23 bits per heavy atom. The van der Waals surface area contributed by atoms with Gasteiger partial charge >= 0.3 is 0 Å². The summed E-state index contributed by atoms with van der Waals surface area (Å²) in [5, 5.41) is 22.8. The van der Waals surface area contributed by atoms with Crippen LogP contribution >= 0.6 is 0 Å². The van der Waals surface area contributed by atoms with Crippen LogP contribution in [0.25, 0.3) is 0 Å². The summed E-state index contributed by atoms with van der Waals surface area (Å²) in [5.41, 5.74) is 2.37. The van der Waals surface area contributed by atoms with Gasteiger partial charge in [-0.3, -0.25) is 0 Å².